The maximum atomic E-state index is 11.4. The lowest BCUT2D eigenvalue weighted by Crippen LogP contribution is -2.15. The van der Waals surface area contributed by atoms with Gasteiger partial charge in [0.1, 0.15) is 11.3 Å². The molecule has 76 valence electrons. The Balaban J connectivity index is 2.78. The van der Waals surface area contributed by atoms with Gasteiger partial charge in [-0.1, -0.05) is 0 Å². The van der Waals surface area contributed by atoms with Crippen LogP contribution in [0, 0.1) is 0 Å². The number of nitrogens with zero attached hydrogens (tertiary/aromatic N) is 2. The summed E-state index contributed by atoms with van der Waals surface area (Å²) in [6.45, 7) is 0. The van der Waals surface area contributed by atoms with E-state index in [-0.39, 0.29) is 22.6 Å². The Labute approximate surface area is 84.7 Å². The van der Waals surface area contributed by atoms with Gasteiger partial charge in [0.15, 0.2) is 0 Å². The van der Waals surface area contributed by atoms with E-state index in [4.69, 9.17) is 10.5 Å². The third-order valence-corrected chi connectivity index (χ3v) is 2.08. The fourth-order valence-electron chi connectivity index (χ4n) is 1.40. The molecule has 6 nitrogen and oxygen atoms in total. The fourth-order valence-corrected chi connectivity index (χ4v) is 1.40. The number of amides is 2. The molecule has 0 atom stereocenters. The molecule has 0 spiro atoms. The Morgan fingerprint density at radius 3 is 2.33 bits per heavy atom. The Morgan fingerprint density at radius 2 is 1.73 bits per heavy atom. The average Bonchev–Trinajstić information content (AvgIpc) is 2.23. The Kier molecular flexibility index (Phi) is 1.96. The van der Waals surface area contributed by atoms with Gasteiger partial charge in [-0.2, -0.15) is 0 Å². The van der Waals surface area contributed by atoms with E-state index < -0.39 is 11.8 Å². The molecule has 1 aliphatic rings. The number of anilines is 1. The highest BCUT2D eigenvalue weighted by atomic mass is 16.5. The van der Waals surface area contributed by atoms with Crippen LogP contribution in [0.3, 0.4) is 0 Å². The van der Waals surface area contributed by atoms with Crippen LogP contribution in [0.5, 0.6) is 5.75 Å². The van der Waals surface area contributed by atoms with Crippen LogP contribution in [0.2, 0.25) is 0 Å². The molecular weight excluding hydrogens is 198 g/mol. The molecule has 0 unspecified atom stereocenters. The van der Waals surface area contributed by atoms with Crippen LogP contribution in [-0.2, 0) is 0 Å². The lowest BCUT2D eigenvalue weighted by atomic mass is 10.0. The summed E-state index contributed by atoms with van der Waals surface area (Å²) in [5, 5.41) is 6.39. The van der Waals surface area contributed by atoms with Gasteiger partial charge >= 0.3 is 0 Å². The van der Waals surface area contributed by atoms with Crippen LogP contribution in [0.1, 0.15) is 20.7 Å². The summed E-state index contributed by atoms with van der Waals surface area (Å²) < 4.78 is 4.96. The van der Waals surface area contributed by atoms with E-state index in [0.717, 1.165) is 0 Å². The summed E-state index contributed by atoms with van der Waals surface area (Å²) in [5.74, 6) is -0.967. The molecule has 1 aliphatic heterocycles. The topological polar surface area (TPSA) is 94.1 Å². The van der Waals surface area contributed by atoms with Gasteiger partial charge < -0.3 is 10.5 Å². The molecule has 6 heteroatoms. The number of carbonyl (C=O) groups is 2. The minimum Gasteiger partial charge on any atom is -0.496 e. The summed E-state index contributed by atoms with van der Waals surface area (Å²) in [4.78, 5) is 22.8. The number of hydrogen-bond donors (Lipinski definition) is 1. The molecule has 2 N–H and O–H groups in total. The molecule has 1 aromatic rings. The van der Waals surface area contributed by atoms with E-state index in [9.17, 15) is 9.59 Å². The van der Waals surface area contributed by atoms with Crippen molar-refractivity contribution in [2.24, 2.45) is 10.2 Å². The van der Waals surface area contributed by atoms with Crippen LogP contribution >= 0.6 is 0 Å². The first-order valence-corrected chi connectivity index (χ1v) is 4.12. The number of nitrogen functional groups attached to an aromatic ring is 1. The normalized spacial score (nSPS) is 13.9. The Hall–Kier alpha value is -2.24. The fraction of sp³-hybridized carbons (Fsp3) is 0.111. The highest BCUT2D eigenvalue weighted by molar-refractivity contribution is 6.15. The van der Waals surface area contributed by atoms with Gasteiger partial charge in [0.05, 0.1) is 12.7 Å². The molecule has 1 heterocycles. The number of ether oxygens (including phenoxy) is 1. The molecule has 0 saturated heterocycles. The van der Waals surface area contributed by atoms with Gasteiger partial charge in [-0.15, -0.1) is 10.2 Å². The zero-order chi connectivity index (χ0) is 11.0. The zero-order valence-electron chi connectivity index (χ0n) is 7.85. The minimum absolute atomic E-state index is 0.0642. The number of hydrogen-bond acceptors (Lipinski definition) is 4. The number of carbonyl (C=O) groups excluding carboxylic acids is 2. The summed E-state index contributed by atoms with van der Waals surface area (Å²) in [5.41, 5.74) is 5.93. The van der Waals surface area contributed by atoms with E-state index in [1.807, 2.05) is 0 Å². The maximum absolute atomic E-state index is 11.4. The van der Waals surface area contributed by atoms with Crippen LogP contribution < -0.4 is 10.5 Å². The van der Waals surface area contributed by atoms with Crippen molar-refractivity contribution in [1.29, 1.82) is 0 Å². The third kappa shape index (κ3) is 1.26. The van der Waals surface area contributed by atoms with Gasteiger partial charge in [-0.05, 0) is 12.1 Å². The quantitative estimate of drug-likeness (QED) is 0.692. The third-order valence-electron chi connectivity index (χ3n) is 2.08. The molecule has 2 rings (SSSR count). The van der Waals surface area contributed by atoms with Crippen LogP contribution in [0.15, 0.2) is 22.4 Å². The second-order valence-corrected chi connectivity index (χ2v) is 2.92. The second-order valence-electron chi connectivity index (χ2n) is 2.92. The summed E-state index contributed by atoms with van der Waals surface area (Å²) >= 11 is 0. The number of azo groups is 1. The molecule has 0 bridgehead atoms. The molecule has 0 radical (unpaired) electrons. The first-order valence-electron chi connectivity index (χ1n) is 4.12. The number of rotatable bonds is 1. The highest BCUT2D eigenvalue weighted by Gasteiger charge is 2.28. The molecular formula is C9H7N3O3. The van der Waals surface area contributed by atoms with Crippen molar-refractivity contribution in [1.82, 2.24) is 0 Å². The summed E-state index contributed by atoms with van der Waals surface area (Å²) in [6, 6.07) is 3.00. The van der Waals surface area contributed by atoms with Gasteiger partial charge in [0.25, 0.3) is 11.8 Å². The number of benzene rings is 1. The van der Waals surface area contributed by atoms with Crippen molar-refractivity contribution in [2.75, 3.05) is 12.8 Å². The van der Waals surface area contributed by atoms with E-state index in [0.29, 0.717) is 0 Å². The van der Waals surface area contributed by atoms with Gasteiger partial charge in [-0.3, -0.25) is 9.59 Å². The van der Waals surface area contributed by atoms with Crippen molar-refractivity contribution >= 4 is 17.5 Å². The largest absolute Gasteiger partial charge is 0.496 e. The molecule has 0 aliphatic carbocycles. The van der Waals surface area contributed by atoms with Crippen LogP contribution in [0.4, 0.5) is 5.69 Å². The van der Waals surface area contributed by atoms with Crippen molar-refractivity contribution in [2.45, 2.75) is 0 Å². The Bertz CT molecular complexity index is 494. The molecule has 2 amide bonds. The van der Waals surface area contributed by atoms with Crippen molar-refractivity contribution < 1.29 is 14.3 Å². The van der Waals surface area contributed by atoms with Gasteiger partial charge in [-0.25, -0.2) is 0 Å². The molecule has 1 aromatic carbocycles. The number of methoxy groups -OCH3 is 1. The van der Waals surface area contributed by atoms with E-state index >= 15 is 0 Å². The van der Waals surface area contributed by atoms with Crippen LogP contribution in [-0.4, -0.2) is 18.9 Å². The van der Waals surface area contributed by atoms with Crippen molar-refractivity contribution in [3.8, 4) is 5.75 Å². The van der Waals surface area contributed by atoms with Crippen molar-refractivity contribution in [3.63, 3.8) is 0 Å². The second kappa shape index (κ2) is 3.16. The lowest BCUT2D eigenvalue weighted by molar-refractivity contribution is 0.0918. The van der Waals surface area contributed by atoms with Crippen LogP contribution in [0.25, 0.3) is 0 Å². The summed E-state index contributed by atoms with van der Waals surface area (Å²) in [7, 11) is 1.40. The minimum atomic E-state index is -0.624. The average molecular weight is 205 g/mol. The monoisotopic (exact) mass is 205 g/mol. The molecule has 15 heavy (non-hydrogen) atoms. The number of fused-ring (bicyclic) bond motifs is 1. The molecule has 0 fully saturated rings. The molecule has 0 saturated carbocycles. The predicted octanol–water partition coefficient (Wildman–Crippen LogP) is 1.02. The first-order chi connectivity index (χ1) is 7.15. The van der Waals surface area contributed by atoms with Crippen molar-refractivity contribution in [3.05, 3.63) is 23.3 Å². The first kappa shape index (κ1) is 9.32. The predicted molar refractivity (Wildman–Crippen MR) is 50.9 cm³/mol. The Morgan fingerprint density at radius 1 is 1.13 bits per heavy atom. The lowest BCUT2D eigenvalue weighted by Gasteiger charge is -2.12. The number of nitrogens with two attached hydrogens (primary N) is 1. The molecule has 0 aromatic heterocycles. The van der Waals surface area contributed by atoms with Gasteiger partial charge in [0, 0.05) is 5.69 Å². The van der Waals surface area contributed by atoms with Gasteiger partial charge in [0.2, 0.25) is 0 Å². The zero-order valence-corrected chi connectivity index (χ0v) is 7.85. The smallest absolute Gasteiger partial charge is 0.300 e. The van der Waals surface area contributed by atoms with E-state index in [2.05, 4.69) is 10.2 Å². The van der Waals surface area contributed by atoms with E-state index in [1.54, 1.807) is 0 Å². The van der Waals surface area contributed by atoms with E-state index in [1.165, 1.54) is 19.2 Å². The SMILES string of the molecule is COc1ccc(N)c2c1C(=O)N=NC2=O. The standard InChI is InChI=1S/C9H7N3O3/c1-15-5-3-2-4(10)6-7(5)9(14)12-11-8(6)13/h2-3H,10H2,1H3. The highest BCUT2D eigenvalue weighted by Crippen LogP contribution is 2.30. The maximum Gasteiger partial charge on any atom is 0.300 e. The summed E-state index contributed by atoms with van der Waals surface area (Å²) in [6.07, 6.45) is 0.